The van der Waals surface area contributed by atoms with E-state index in [2.05, 4.69) is 5.32 Å². The van der Waals surface area contributed by atoms with E-state index in [1.54, 1.807) is 18.2 Å². The average Bonchev–Trinajstić information content (AvgIpc) is 2.36. The van der Waals surface area contributed by atoms with Gasteiger partial charge in [0.15, 0.2) is 0 Å². The second kappa shape index (κ2) is 5.97. The maximum atomic E-state index is 11.7. The van der Waals surface area contributed by atoms with Gasteiger partial charge in [0.1, 0.15) is 5.60 Å². The van der Waals surface area contributed by atoms with E-state index in [0.29, 0.717) is 5.02 Å². The fourth-order valence-corrected chi connectivity index (χ4v) is 1.37. The first kappa shape index (κ1) is 13.9. The third-order valence-corrected chi connectivity index (χ3v) is 2.61. The SMILES string of the molecule is O=C(NCC(O)(CO)CO)c1ccccc1Cl. The normalized spacial score (nSPS) is 11.3. The van der Waals surface area contributed by atoms with Crippen LogP contribution in [0.5, 0.6) is 0 Å². The van der Waals surface area contributed by atoms with Crippen molar-refractivity contribution in [1.82, 2.24) is 5.32 Å². The van der Waals surface area contributed by atoms with Crippen LogP contribution in [-0.2, 0) is 0 Å². The van der Waals surface area contributed by atoms with E-state index in [9.17, 15) is 9.90 Å². The van der Waals surface area contributed by atoms with Crippen LogP contribution < -0.4 is 5.32 Å². The molecule has 5 nitrogen and oxygen atoms in total. The first-order valence-corrected chi connectivity index (χ1v) is 5.37. The number of rotatable bonds is 5. The second-order valence-electron chi connectivity index (χ2n) is 3.70. The van der Waals surface area contributed by atoms with Crippen molar-refractivity contribution in [2.24, 2.45) is 0 Å². The highest BCUT2D eigenvalue weighted by Gasteiger charge is 2.26. The van der Waals surface area contributed by atoms with Crippen molar-refractivity contribution in [1.29, 1.82) is 0 Å². The third-order valence-electron chi connectivity index (χ3n) is 2.29. The van der Waals surface area contributed by atoms with Gasteiger partial charge in [0.25, 0.3) is 5.91 Å². The molecule has 0 saturated carbocycles. The van der Waals surface area contributed by atoms with Crippen LogP contribution >= 0.6 is 11.6 Å². The van der Waals surface area contributed by atoms with Gasteiger partial charge in [-0.15, -0.1) is 0 Å². The molecule has 1 aromatic rings. The highest BCUT2D eigenvalue weighted by molar-refractivity contribution is 6.33. The number of nitrogens with one attached hydrogen (secondary N) is 1. The van der Waals surface area contributed by atoms with Gasteiger partial charge < -0.3 is 20.6 Å². The van der Waals surface area contributed by atoms with E-state index in [0.717, 1.165) is 0 Å². The second-order valence-corrected chi connectivity index (χ2v) is 4.11. The van der Waals surface area contributed by atoms with Gasteiger partial charge in [0.2, 0.25) is 0 Å². The van der Waals surface area contributed by atoms with Crippen molar-refractivity contribution in [3.63, 3.8) is 0 Å². The zero-order valence-electron chi connectivity index (χ0n) is 9.06. The van der Waals surface area contributed by atoms with Crippen LogP contribution in [0.4, 0.5) is 0 Å². The molecule has 1 rings (SSSR count). The van der Waals surface area contributed by atoms with E-state index in [4.69, 9.17) is 21.8 Å². The maximum Gasteiger partial charge on any atom is 0.252 e. The molecule has 0 unspecified atom stereocenters. The first-order valence-electron chi connectivity index (χ1n) is 4.99. The Labute approximate surface area is 104 Å². The smallest absolute Gasteiger partial charge is 0.252 e. The Morgan fingerprint density at radius 2 is 1.88 bits per heavy atom. The lowest BCUT2D eigenvalue weighted by molar-refractivity contribution is -0.0515. The molecule has 94 valence electrons. The van der Waals surface area contributed by atoms with E-state index in [-0.39, 0.29) is 12.1 Å². The summed E-state index contributed by atoms with van der Waals surface area (Å²) in [5.41, 5.74) is -1.45. The molecule has 0 spiro atoms. The summed E-state index contributed by atoms with van der Waals surface area (Å²) in [6.07, 6.45) is 0. The quantitative estimate of drug-likeness (QED) is 0.589. The fourth-order valence-electron chi connectivity index (χ4n) is 1.15. The Balaban J connectivity index is 2.65. The van der Waals surface area contributed by atoms with Gasteiger partial charge in [-0.3, -0.25) is 4.79 Å². The van der Waals surface area contributed by atoms with Crippen molar-refractivity contribution in [3.8, 4) is 0 Å². The predicted octanol–water partition coefficient (Wildman–Crippen LogP) is -0.214. The van der Waals surface area contributed by atoms with E-state index in [1.807, 2.05) is 0 Å². The van der Waals surface area contributed by atoms with E-state index in [1.165, 1.54) is 6.07 Å². The summed E-state index contributed by atoms with van der Waals surface area (Å²) in [6, 6.07) is 6.46. The summed E-state index contributed by atoms with van der Waals surface area (Å²) in [4.78, 5) is 11.7. The van der Waals surface area contributed by atoms with Gasteiger partial charge >= 0.3 is 0 Å². The van der Waals surface area contributed by atoms with Crippen molar-refractivity contribution in [3.05, 3.63) is 34.9 Å². The maximum absolute atomic E-state index is 11.7. The average molecular weight is 260 g/mol. The van der Waals surface area contributed by atoms with Crippen molar-refractivity contribution in [2.75, 3.05) is 19.8 Å². The minimum atomic E-state index is -1.73. The van der Waals surface area contributed by atoms with Crippen LogP contribution in [0.3, 0.4) is 0 Å². The van der Waals surface area contributed by atoms with Gasteiger partial charge in [0.05, 0.1) is 30.3 Å². The monoisotopic (exact) mass is 259 g/mol. The Morgan fingerprint density at radius 3 is 2.41 bits per heavy atom. The Bertz CT molecular complexity index is 393. The molecule has 0 radical (unpaired) electrons. The third kappa shape index (κ3) is 3.67. The van der Waals surface area contributed by atoms with E-state index >= 15 is 0 Å². The van der Waals surface area contributed by atoms with Gasteiger partial charge in [-0.2, -0.15) is 0 Å². The number of halogens is 1. The van der Waals surface area contributed by atoms with Crippen molar-refractivity contribution in [2.45, 2.75) is 5.60 Å². The van der Waals surface area contributed by atoms with E-state index < -0.39 is 24.7 Å². The molecule has 0 atom stereocenters. The van der Waals surface area contributed by atoms with Crippen LogP contribution in [-0.4, -0.2) is 46.6 Å². The highest BCUT2D eigenvalue weighted by Crippen LogP contribution is 2.14. The summed E-state index contributed by atoms with van der Waals surface area (Å²) in [5.74, 6) is -0.476. The van der Waals surface area contributed by atoms with Crippen LogP contribution in [0.15, 0.2) is 24.3 Å². The summed E-state index contributed by atoms with van der Waals surface area (Å²) in [7, 11) is 0. The summed E-state index contributed by atoms with van der Waals surface area (Å²) in [5, 5.41) is 29.9. The van der Waals surface area contributed by atoms with Crippen LogP contribution in [0.2, 0.25) is 5.02 Å². The molecule has 17 heavy (non-hydrogen) atoms. The lowest BCUT2D eigenvalue weighted by Crippen LogP contribution is -2.48. The largest absolute Gasteiger partial charge is 0.393 e. The summed E-state index contributed by atoms with van der Waals surface area (Å²) >= 11 is 5.81. The van der Waals surface area contributed by atoms with Crippen LogP contribution in [0.1, 0.15) is 10.4 Å². The number of carbonyl (C=O) groups excluding carboxylic acids is 1. The molecular weight excluding hydrogens is 246 g/mol. The number of carbonyl (C=O) groups is 1. The molecule has 1 amide bonds. The molecule has 0 heterocycles. The molecule has 6 heteroatoms. The molecule has 0 aliphatic rings. The molecular formula is C11H14ClNO4. The Morgan fingerprint density at radius 1 is 1.29 bits per heavy atom. The zero-order valence-corrected chi connectivity index (χ0v) is 9.81. The van der Waals surface area contributed by atoms with Gasteiger partial charge in [-0.25, -0.2) is 0 Å². The molecule has 4 N–H and O–H groups in total. The summed E-state index contributed by atoms with van der Waals surface area (Å²) < 4.78 is 0. The lowest BCUT2D eigenvalue weighted by Gasteiger charge is -2.23. The van der Waals surface area contributed by atoms with Crippen LogP contribution in [0, 0.1) is 0 Å². The lowest BCUT2D eigenvalue weighted by atomic mass is 10.1. The molecule has 0 aliphatic carbocycles. The fraction of sp³-hybridized carbons (Fsp3) is 0.364. The number of benzene rings is 1. The molecule has 0 aliphatic heterocycles. The van der Waals surface area contributed by atoms with Crippen molar-refractivity contribution < 1.29 is 20.1 Å². The minimum Gasteiger partial charge on any atom is -0.393 e. The number of amides is 1. The molecule has 0 aromatic heterocycles. The molecule has 0 saturated heterocycles. The minimum absolute atomic E-state index is 0.260. The number of hydrogen-bond acceptors (Lipinski definition) is 4. The highest BCUT2D eigenvalue weighted by atomic mass is 35.5. The topological polar surface area (TPSA) is 89.8 Å². The first-order chi connectivity index (χ1) is 8.02. The van der Waals surface area contributed by atoms with Gasteiger partial charge in [-0.05, 0) is 12.1 Å². The predicted molar refractivity (Wildman–Crippen MR) is 62.9 cm³/mol. The number of hydrogen-bond donors (Lipinski definition) is 4. The van der Waals surface area contributed by atoms with Crippen molar-refractivity contribution >= 4 is 17.5 Å². The van der Waals surface area contributed by atoms with Gasteiger partial charge in [-0.1, -0.05) is 23.7 Å². The number of aliphatic hydroxyl groups excluding tert-OH is 2. The molecule has 0 fully saturated rings. The Hall–Kier alpha value is -1.14. The Kier molecular flexibility index (Phi) is 4.89. The standard InChI is InChI=1S/C11H14ClNO4/c12-9-4-2-1-3-8(9)10(16)13-5-11(17,6-14)7-15/h1-4,14-15,17H,5-7H2,(H,13,16). The zero-order chi connectivity index (χ0) is 12.9. The molecule has 1 aromatic carbocycles. The van der Waals surface area contributed by atoms with Gasteiger partial charge in [0, 0.05) is 0 Å². The van der Waals surface area contributed by atoms with Crippen LogP contribution in [0.25, 0.3) is 0 Å². The summed E-state index contributed by atoms with van der Waals surface area (Å²) in [6.45, 7) is -1.55. The number of aliphatic hydroxyl groups is 3. The molecule has 0 bridgehead atoms.